The summed E-state index contributed by atoms with van der Waals surface area (Å²) in [6.45, 7) is 0. The molecule has 0 unspecified atom stereocenters. The van der Waals surface area contributed by atoms with Crippen LogP contribution in [0.2, 0.25) is 0 Å². The van der Waals surface area contributed by atoms with E-state index in [1.807, 2.05) is 0 Å². The lowest BCUT2D eigenvalue weighted by Crippen LogP contribution is -2.04. The van der Waals surface area contributed by atoms with E-state index in [2.05, 4.69) is 45.2 Å². The van der Waals surface area contributed by atoms with Crippen LogP contribution in [0.5, 0.6) is 0 Å². The molecule has 0 bridgehead atoms. The van der Waals surface area contributed by atoms with E-state index in [1.54, 1.807) is 0 Å². The van der Waals surface area contributed by atoms with Gasteiger partial charge in [-0.15, -0.1) is 10.2 Å². The smallest absolute Gasteiger partial charge is 0.375 e. The maximum atomic E-state index is 11.1. The molecule has 2 heterocycles. The van der Waals surface area contributed by atoms with E-state index in [-0.39, 0.29) is 23.5 Å². The number of rotatable bonds is 4. The Morgan fingerprint density at radius 1 is 0.947 bits per heavy atom. The van der Waals surface area contributed by atoms with Gasteiger partial charge in [0.1, 0.15) is 0 Å². The fourth-order valence-corrected chi connectivity index (χ4v) is 1.11. The molecule has 0 radical (unpaired) electrons. The maximum Gasteiger partial charge on any atom is 0.375 e. The maximum absolute atomic E-state index is 11.1. The minimum atomic E-state index is -0.661. The van der Waals surface area contributed by atoms with Gasteiger partial charge in [0.25, 0.3) is 0 Å². The first-order chi connectivity index (χ1) is 9.13. The molecule has 0 saturated carbocycles. The SMILES string of the molecule is COC(=O)c1nc(Nc2n[nH]c(C(=O)OC)n2)n[nH]1. The molecule has 3 N–H and O–H groups in total. The lowest BCUT2D eigenvalue weighted by molar-refractivity contribution is 0.0579. The van der Waals surface area contributed by atoms with Gasteiger partial charge in [-0.2, -0.15) is 9.97 Å². The summed E-state index contributed by atoms with van der Waals surface area (Å²) in [5.41, 5.74) is 0. The van der Waals surface area contributed by atoms with Gasteiger partial charge in [0.15, 0.2) is 0 Å². The number of ether oxygens (including phenoxy) is 2. The molecule has 19 heavy (non-hydrogen) atoms. The predicted octanol–water partition coefficient (Wildman–Crippen LogP) is -0.760. The summed E-state index contributed by atoms with van der Waals surface area (Å²) in [5.74, 6) is -1.37. The summed E-state index contributed by atoms with van der Waals surface area (Å²) >= 11 is 0. The van der Waals surface area contributed by atoms with Crippen molar-refractivity contribution in [3.8, 4) is 0 Å². The number of aromatic amines is 2. The van der Waals surface area contributed by atoms with E-state index < -0.39 is 11.9 Å². The van der Waals surface area contributed by atoms with Crippen LogP contribution in [-0.2, 0) is 9.47 Å². The monoisotopic (exact) mass is 267 g/mol. The average Bonchev–Trinajstić information content (AvgIpc) is 3.07. The van der Waals surface area contributed by atoms with Gasteiger partial charge >= 0.3 is 11.9 Å². The summed E-state index contributed by atoms with van der Waals surface area (Å²) in [6.07, 6.45) is 0. The molecule has 11 nitrogen and oxygen atoms in total. The molecule has 0 saturated heterocycles. The number of nitrogens with zero attached hydrogens (tertiary/aromatic N) is 4. The van der Waals surface area contributed by atoms with E-state index in [0.29, 0.717) is 0 Å². The van der Waals surface area contributed by atoms with Crippen molar-refractivity contribution in [1.82, 2.24) is 30.4 Å². The molecule has 0 amide bonds. The van der Waals surface area contributed by atoms with E-state index >= 15 is 0 Å². The summed E-state index contributed by atoms with van der Waals surface area (Å²) in [7, 11) is 2.44. The molecule has 2 rings (SSSR count). The average molecular weight is 267 g/mol. The molecule has 100 valence electrons. The molecule has 2 aromatic rings. The third-order valence-electron chi connectivity index (χ3n) is 1.95. The van der Waals surface area contributed by atoms with Gasteiger partial charge in [0.05, 0.1) is 14.2 Å². The zero-order chi connectivity index (χ0) is 13.8. The first-order valence-electron chi connectivity index (χ1n) is 4.92. The number of hydrogen-bond donors (Lipinski definition) is 3. The largest absolute Gasteiger partial charge is 0.463 e. The summed E-state index contributed by atoms with van der Waals surface area (Å²) in [4.78, 5) is 29.8. The number of nitrogens with one attached hydrogen (secondary N) is 3. The molecule has 0 fully saturated rings. The number of carbonyl (C=O) groups excluding carboxylic acids is 2. The van der Waals surface area contributed by atoms with Gasteiger partial charge in [-0.1, -0.05) is 0 Å². The molecule has 0 aliphatic heterocycles. The fourth-order valence-electron chi connectivity index (χ4n) is 1.11. The lowest BCUT2D eigenvalue weighted by atomic mass is 10.6. The molecule has 0 aromatic carbocycles. The topological polar surface area (TPSA) is 148 Å². The molecular formula is C8H9N7O4. The number of carbonyl (C=O) groups is 2. The molecule has 0 atom stereocenters. The number of esters is 2. The zero-order valence-corrected chi connectivity index (χ0v) is 9.92. The van der Waals surface area contributed by atoms with Gasteiger partial charge in [0.2, 0.25) is 23.5 Å². The number of aromatic nitrogens is 6. The van der Waals surface area contributed by atoms with Crippen LogP contribution < -0.4 is 5.32 Å². The highest BCUT2D eigenvalue weighted by molar-refractivity contribution is 5.86. The van der Waals surface area contributed by atoms with Crippen LogP contribution in [0.25, 0.3) is 0 Å². The lowest BCUT2D eigenvalue weighted by Gasteiger charge is -1.93. The van der Waals surface area contributed by atoms with E-state index in [0.717, 1.165) is 0 Å². The Morgan fingerprint density at radius 3 is 1.74 bits per heavy atom. The van der Waals surface area contributed by atoms with Gasteiger partial charge in [-0.3, -0.25) is 15.5 Å². The van der Waals surface area contributed by atoms with Crippen molar-refractivity contribution in [3.63, 3.8) is 0 Å². The standard InChI is InChI=1S/C8H9N7O4/c1-18-5(16)3-9-7(14-12-3)11-8-10-4(13-15-8)6(17)19-2/h1-2H3,(H3,9,10,11,12,13,14,15). The first kappa shape index (κ1) is 12.5. The Kier molecular flexibility index (Phi) is 3.36. The van der Waals surface area contributed by atoms with Crippen molar-refractivity contribution in [3.05, 3.63) is 11.6 Å². The van der Waals surface area contributed by atoms with Crippen molar-refractivity contribution in [2.45, 2.75) is 0 Å². The van der Waals surface area contributed by atoms with E-state index in [4.69, 9.17) is 0 Å². The van der Waals surface area contributed by atoms with Crippen LogP contribution in [0.4, 0.5) is 11.9 Å². The predicted molar refractivity (Wildman–Crippen MR) is 58.7 cm³/mol. The van der Waals surface area contributed by atoms with Gasteiger partial charge in [-0.05, 0) is 0 Å². The van der Waals surface area contributed by atoms with Crippen molar-refractivity contribution < 1.29 is 19.1 Å². The molecule has 0 aliphatic carbocycles. The minimum Gasteiger partial charge on any atom is -0.463 e. The summed E-state index contributed by atoms with van der Waals surface area (Å²) in [5, 5.41) is 14.7. The Bertz CT molecular complexity index is 552. The van der Waals surface area contributed by atoms with Gasteiger partial charge < -0.3 is 9.47 Å². The highest BCUT2D eigenvalue weighted by atomic mass is 16.5. The van der Waals surface area contributed by atoms with Crippen LogP contribution in [0, 0.1) is 0 Å². The number of H-pyrrole nitrogens is 2. The van der Waals surface area contributed by atoms with E-state index in [9.17, 15) is 9.59 Å². The van der Waals surface area contributed by atoms with Gasteiger partial charge in [-0.25, -0.2) is 9.59 Å². The molecule has 0 aliphatic rings. The quantitative estimate of drug-likeness (QED) is 0.607. The Balaban J connectivity index is 2.09. The fraction of sp³-hybridized carbons (Fsp3) is 0.250. The summed E-state index contributed by atoms with van der Waals surface area (Å²) in [6, 6.07) is 0. The minimum absolute atomic E-state index is 0.0517. The Morgan fingerprint density at radius 2 is 1.37 bits per heavy atom. The normalized spacial score (nSPS) is 10.0. The molecule has 11 heteroatoms. The third kappa shape index (κ3) is 2.65. The van der Waals surface area contributed by atoms with Crippen LogP contribution in [0.15, 0.2) is 0 Å². The molecular weight excluding hydrogens is 258 g/mol. The van der Waals surface area contributed by atoms with Crippen LogP contribution in [0.3, 0.4) is 0 Å². The molecule has 0 spiro atoms. The van der Waals surface area contributed by atoms with Crippen LogP contribution >= 0.6 is 0 Å². The number of methoxy groups -OCH3 is 2. The highest BCUT2D eigenvalue weighted by Gasteiger charge is 2.15. The Hall–Kier alpha value is -2.98. The van der Waals surface area contributed by atoms with Crippen LogP contribution in [-0.4, -0.2) is 56.5 Å². The Labute approximate surface area is 105 Å². The van der Waals surface area contributed by atoms with E-state index in [1.165, 1.54) is 14.2 Å². The second-order valence-electron chi connectivity index (χ2n) is 3.12. The van der Waals surface area contributed by atoms with Crippen molar-refractivity contribution in [2.24, 2.45) is 0 Å². The number of hydrogen-bond acceptors (Lipinski definition) is 9. The second-order valence-corrected chi connectivity index (χ2v) is 3.12. The number of anilines is 2. The third-order valence-corrected chi connectivity index (χ3v) is 1.95. The zero-order valence-electron chi connectivity index (χ0n) is 9.92. The first-order valence-corrected chi connectivity index (χ1v) is 4.92. The van der Waals surface area contributed by atoms with Crippen molar-refractivity contribution in [1.29, 1.82) is 0 Å². The molecule has 2 aromatic heterocycles. The van der Waals surface area contributed by atoms with Gasteiger partial charge in [0, 0.05) is 0 Å². The summed E-state index contributed by atoms with van der Waals surface area (Å²) < 4.78 is 8.90. The van der Waals surface area contributed by atoms with Crippen molar-refractivity contribution >= 4 is 23.8 Å². The second kappa shape index (κ2) is 5.12. The highest BCUT2D eigenvalue weighted by Crippen LogP contribution is 2.07. The van der Waals surface area contributed by atoms with Crippen molar-refractivity contribution in [2.75, 3.05) is 19.5 Å². The van der Waals surface area contributed by atoms with Crippen LogP contribution in [0.1, 0.15) is 21.2 Å².